The Labute approximate surface area is 198 Å². The summed E-state index contributed by atoms with van der Waals surface area (Å²) in [7, 11) is 3.21. The zero-order valence-corrected chi connectivity index (χ0v) is 19.5. The van der Waals surface area contributed by atoms with Gasteiger partial charge in [0, 0.05) is 29.1 Å². The van der Waals surface area contributed by atoms with Gasteiger partial charge in [-0.25, -0.2) is 0 Å². The maximum absolute atomic E-state index is 13.8. The molecular weight excluding hydrogens is 430 g/mol. The van der Waals surface area contributed by atoms with Crippen LogP contribution in [0.3, 0.4) is 0 Å². The molecule has 2 aliphatic heterocycles. The van der Waals surface area contributed by atoms with E-state index in [0.717, 1.165) is 53.4 Å². The average Bonchev–Trinajstić information content (AvgIpc) is 3.53. The lowest BCUT2D eigenvalue weighted by atomic mass is 9.85. The second-order valence-corrected chi connectivity index (χ2v) is 9.51. The van der Waals surface area contributed by atoms with Gasteiger partial charge in [0.25, 0.3) is 0 Å². The fourth-order valence-electron chi connectivity index (χ4n) is 6.18. The minimum Gasteiger partial charge on any atom is -0.493 e. The van der Waals surface area contributed by atoms with Crippen molar-refractivity contribution in [1.82, 2.24) is 14.8 Å². The van der Waals surface area contributed by atoms with Gasteiger partial charge < -0.3 is 24.3 Å². The SMILES string of the molecule is COc1ccc([C@H]2c3[nH]c4ccccc4c3C[C@H]3C(=O)N(C4CCCC4)CC(=O)N23)cc1OC. The van der Waals surface area contributed by atoms with Crippen LogP contribution in [0.1, 0.15) is 48.5 Å². The number of nitrogens with one attached hydrogen (secondary N) is 1. The smallest absolute Gasteiger partial charge is 0.246 e. The van der Waals surface area contributed by atoms with Crippen LogP contribution >= 0.6 is 0 Å². The first kappa shape index (κ1) is 21.1. The molecule has 1 N–H and O–H groups in total. The fourth-order valence-corrected chi connectivity index (χ4v) is 6.18. The van der Waals surface area contributed by atoms with E-state index in [2.05, 4.69) is 11.1 Å². The maximum Gasteiger partial charge on any atom is 0.246 e. The molecule has 176 valence electrons. The quantitative estimate of drug-likeness (QED) is 0.644. The Balaban J connectivity index is 1.51. The van der Waals surface area contributed by atoms with Crippen LogP contribution in [0.25, 0.3) is 10.9 Å². The monoisotopic (exact) mass is 459 g/mol. The van der Waals surface area contributed by atoms with Gasteiger partial charge in [-0.1, -0.05) is 37.1 Å². The first-order valence-corrected chi connectivity index (χ1v) is 12.0. The number of H-pyrrole nitrogens is 1. The number of aromatic amines is 1. The van der Waals surface area contributed by atoms with E-state index in [-0.39, 0.29) is 24.4 Å². The van der Waals surface area contributed by atoms with Gasteiger partial charge in [0.05, 0.1) is 20.3 Å². The summed E-state index contributed by atoms with van der Waals surface area (Å²) in [6.45, 7) is 0.152. The van der Waals surface area contributed by atoms with E-state index in [0.29, 0.717) is 17.9 Å². The largest absolute Gasteiger partial charge is 0.493 e. The van der Waals surface area contributed by atoms with Crippen LogP contribution in [0.15, 0.2) is 42.5 Å². The zero-order chi connectivity index (χ0) is 23.4. The first-order valence-electron chi connectivity index (χ1n) is 12.0. The lowest BCUT2D eigenvalue weighted by Crippen LogP contribution is -2.64. The third kappa shape index (κ3) is 3.10. The molecular formula is C27H29N3O4. The van der Waals surface area contributed by atoms with Crippen molar-refractivity contribution >= 4 is 22.7 Å². The number of hydrogen-bond acceptors (Lipinski definition) is 4. The summed E-state index contributed by atoms with van der Waals surface area (Å²) in [5, 5.41) is 1.11. The van der Waals surface area contributed by atoms with E-state index >= 15 is 0 Å². The molecule has 1 aliphatic carbocycles. The molecule has 1 saturated carbocycles. The molecule has 6 rings (SSSR count). The molecule has 1 aromatic heterocycles. The summed E-state index contributed by atoms with van der Waals surface area (Å²) in [4.78, 5) is 34.8. The Hall–Kier alpha value is -3.48. The second-order valence-electron chi connectivity index (χ2n) is 9.51. The number of hydrogen-bond donors (Lipinski definition) is 1. The normalized spacial score (nSPS) is 22.8. The summed E-state index contributed by atoms with van der Waals surface area (Å²) < 4.78 is 11.0. The van der Waals surface area contributed by atoms with Gasteiger partial charge in [-0.05, 0) is 42.2 Å². The average molecular weight is 460 g/mol. The number of nitrogens with zero attached hydrogens (tertiary/aromatic N) is 2. The highest BCUT2D eigenvalue weighted by Crippen LogP contribution is 2.44. The zero-order valence-electron chi connectivity index (χ0n) is 19.5. The van der Waals surface area contributed by atoms with Gasteiger partial charge in [-0.2, -0.15) is 0 Å². The van der Waals surface area contributed by atoms with Gasteiger partial charge in [0.15, 0.2) is 11.5 Å². The van der Waals surface area contributed by atoms with E-state index in [1.54, 1.807) is 14.2 Å². The van der Waals surface area contributed by atoms with Crippen LogP contribution in [-0.2, 0) is 16.0 Å². The lowest BCUT2D eigenvalue weighted by Gasteiger charge is -2.48. The molecule has 2 fully saturated rings. The Bertz CT molecular complexity index is 1280. The van der Waals surface area contributed by atoms with E-state index in [4.69, 9.17) is 9.47 Å². The van der Waals surface area contributed by atoms with Crippen molar-refractivity contribution in [3.63, 3.8) is 0 Å². The molecule has 7 nitrogen and oxygen atoms in total. The Morgan fingerprint density at radius 3 is 2.50 bits per heavy atom. The molecule has 34 heavy (non-hydrogen) atoms. The van der Waals surface area contributed by atoms with Crippen molar-refractivity contribution in [1.29, 1.82) is 0 Å². The maximum atomic E-state index is 13.8. The minimum absolute atomic E-state index is 0.000547. The molecule has 1 saturated heterocycles. The van der Waals surface area contributed by atoms with Crippen molar-refractivity contribution in [2.75, 3.05) is 20.8 Å². The molecule has 0 radical (unpaired) electrons. The topological polar surface area (TPSA) is 74.9 Å². The molecule has 0 unspecified atom stereocenters. The molecule has 7 heteroatoms. The lowest BCUT2D eigenvalue weighted by molar-refractivity contribution is -0.160. The van der Waals surface area contributed by atoms with E-state index in [1.165, 1.54) is 0 Å². The van der Waals surface area contributed by atoms with Crippen LogP contribution in [0.4, 0.5) is 0 Å². The number of benzene rings is 2. The molecule has 2 aromatic carbocycles. The molecule has 3 aliphatic rings. The summed E-state index contributed by atoms with van der Waals surface area (Å²) >= 11 is 0. The predicted octanol–water partition coefficient (Wildman–Crippen LogP) is 3.81. The van der Waals surface area contributed by atoms with Gasteiger partial charge in [-0.3, -0.25) is 9.59 Å². The number of ether oxygens (including phenoxy) is 2. The summed E-state index contributed by atoms with van der Waals surface area (Å²) in [6, 6.07) is 13.2. The van der Waals surface area contributed by atoms with E-state index < -0.39 is 12.1 Å². The molecule has 3 heterocycles. The van der Waals surface area contributed by atoms with Crippen LogP contribution in [0.5, 0.6) is 11.5 Å². The van der Waals surface area contributed by atoms with Crippen molar-refractivity contribution in [2.24, 2.45) is 0 Å². The second kappa shape index (κ2) is 8.08. The molecule has 2 atom stereocenters. The highest BCUT2D eigenvalue weighted by atomic mass is 16.5. The number of carbonyl (C=O) groups is 2. The van der Waals surface area contributed by atoms with Crippen LogP contribution in [0.2, 0.25) is 0 Å². The molecule has 0 spiro atoms. The molecule has 2 amide bonds. The Morgan fingerprint density at radius 2 is 1.74 bits per heavy atom. The van der Waals surface area contributed by atoms with Crippen LogP contribution in [-0.4, -0.2) is 59.4 Å². The third-order valence-electron chi connectivity index (χ3n) is 7.78. The number of carbonyl (C=O) groups excluding carboxylic acids is 2. The number of fused-ring (bicyclic) bond motifs is 4. The van der Waals surface area contributed by atoms with E-state index in [9.17, 15) is 9.59 Å². The third-order valence-corrected chi connectivity index (χ3v) is 7.78. The molecule has 3 aromatic rings. The van der Waals surface area contributed by atoms with Crippen molar-refractivity contribution in [3.05, 3.63) is 59.3 Å². The van der Waals surface area contributed by atoms with Gasteiger partial charge in [-0.15, -0.1) is 0 Å². The minimum atomic E-state index is -0.508. The van der Waals surface area contributed by atoms with Crippen LogP contribution < -0.4 is 9.47 Å². The van der Waals surface area contributed by atoms with Crippen molar-refractivity contribution < 1.29 is 19.1 Å². The summed E-state index contributed by atoms with van der Waals surface area (Å²) in [5.41, 5.74) is 4.00. The van der Waals surface area contributed by atoms with Crippen LogP contribution in [0, 0.1) is 0 Å². The number of rotatable bonds is 4. The standard InChI is InChI=1S/C27H29N3O4/c1-33-22-12-11-16(13-23(22)34-2)26-25-19(18-9-5-6-10-20(18)28-25)14-21-27(32)29(15-24(31)30(21)26)17-7-3-4-8-17/h5-6,9-13,17,21,26,28H,3-4,7-8,14-15H2,1-2H3/t21-,26-/m0/s1. The number of methoxy groups -OCH3 is 2. The van der Waals surface area contributed by atoms with Gasteiger partial charge in [0.1, 0.15) is 12.6 Å². The van der Waals surface area contributed by atoms with Gasteiger partial charge >= 0.3 is 0 Å². The highest BCUT2D eigenvalue weighted by Gasteiger charge is 2.49. The Kier molecular flexibility index (Phi) is 5.01. The summed E-state index contributed by atoms with van der Waals surface area (Å²) in [6.07, 6.45) is 4.75. The number of piperazine rings is 1. The van der Waals surface area contributed by atoms with Crippen molar-refractivity contribution in [3.8, 4) is 11.5 Å². The first-order chi connectivity index (χ1) is 16.6. The predicted molar refractivity (Wildman–Crippen MR) is 128 cm³/mol. The van der Waals surface area contributed by atoms with E-state index in [1.807, 2.05) is 46.2 Å². The summed E-state index contributed by atoms with van der Waals surface area (Å²) in [5.74, 6) is 1.31. The number of para-hydroxylation sites is 1. The number of amides is 2. The number of aromatic nitrogens is 1. The highest BCUT2D eigenvalue weighted by molar-refractivity contribution is 5.98. The molecule has 0 bridgehead atoms. The fraction of sp³-hybridized carbons (Fsp3) is 0.407. The Morgan fingerprint density at radius 1 is 0.971 bits per heavy atom. The van der Waals surface area contributed by atoms with Crippen molar-refractivity contribution in [2.45, 2.75) is 50.2 Å². The van der Waals surface area contributed by atoms with Gasteiger partial charge in [0.2, 0.25) is 11.8 Å².